The summed E-state index contributed by atoms with van der Waals surface area (Å²) in [5.74, 6) is -0.335. The minimum atomic E-state index is -0.773. The summed E-state index contributed by atoms with van der Waals surface area (Å²) in [7, 11) is 2.81. The normalized spacial score (nSPS) is 16.4. The number of hydrogen-bond donors (Lipinski definition) is 0. The van der Waals surface area contributed by atoms with Gasteiger partial charge in [0.1, 0.15) is 12.3 Å². The van der Waals surface area contributed by atoms with Crippen molar-refractivity contribution in [3.05, 3.63) is 66.5 Å². The molecule has 1 aliphatic heterocycles. The van der Waals surface area contributed by atoms with Gasteiger partial charge >= 0.3 is 11.7 Å². The molecule has 0 bridgehead atoms. The molecule has 1 fully saturated rings. The number of carbonyl (C=O) groups excluding carboxylic acids is 1. The SMILES string of the molecule is CC1CCCN(c2ccc(C(=O)OCc3cc(=O)n(C)c(=O)n3C)cc2[N+](=O)[O-])C1. The van der Waals surface area contributed by atoms with Crippen LogP contribution in [0.15, 0.2) is 33.9 Å². The van der Waals surface area contributed by atoms with Crippen molar-refractivity contribution in [3.8, 4) is 0 Å². The number of esters is 1. The molecule has 1 aromatic heterocycles. The molecule has 160 valence electrons. The van der Waals surface area contributed by atoms with Crippen LogP contribution in [0.4, 0.5) is 11.4 Å². The van der Waals surface area contributed by atoms with E-state index in [-0.39, 0.29) is 23.6 Å². The minimum absolute atomic E-state index is 0.0318. The third-order valence-corrected chi connectivity index (χ3v) is 5.38. The predicted octanol–water partition coefficient (Wildman–Crippen LogP) is 1.59. The first-order valence-electron chi connectivity index (χ1n) is 9.65. The maximum Gasteiger partial charge on any atom is 0.338 e. The quantitative estimate of drug-likeness (QED) is 0.413. The van der Waals surface area contributed by atoms with Crippen LogP contribution in [-0.4, -0.2) is 33.1 Å². The highest BCUT2D eigenvalue weighted by Gasteiger charge is 2.25. The highest BCUT2D eigenvalue weighted by Crippen LogP contribution is 2.32. The standard InChI is InChI=1S/C20H24N4O6/c1-13-5-4-8-23(11-13)16-7-6-14(9-17(16)24(28)29)19(26)30-12-15-10-18(25)22(3)20(27)21(15)2/h6-7,9-10,13H,4-5,8,11-12H2,1-3H3. The van der Waals surface area contributed by atoms with E-state index in [9.17, 15) is 24.5 Å². The molecule has 2 aromatic rings. The van der Waals surface area contributed by atoms with E-state index in [0.717, 1.165) is 30.5 Å². The predicted molar refractivity (Wildman–Crippen MR) is 110 cm³/mol. The van der Waals surface area contributed by atoms with Gasteiger partial charge in [-0.3, -0.25) is 24.0 Å². The largest absolute Gasteiger partial charge is 0.456 e. The van der Waals surface area contributed by atoms with Crippen LogP contribution >= 0.6 is 0 Å². The zero-order valence-electron chi connectivity index (χ0n) is 17.2. The number of nitrogens with zero attached hydrogens (tertiary/aromatic N) is 4. The summed E-state index contributed by atoms with van der Waals surface area (Å²) in [5, 5.41) is 11.6. The summed E-state index contributed by atoms with van der Waals surface area (Å²) in [6.07, 6.45) is 2.04. The summed E-state index contributed by atoms with van der Waals surface area (Å²) in [6, 6.07) is 5.48. The molecule has 1 aliphatic rings. The van der Waals surface area contributed by atoms with Crippen molar-refractivity contribution >= 4 is 17.3 Å². The first kappa shape index (κ1) is 21.3. The van der Waals surface area contributed by atoms with Gasteiger partial charge in [-0.15, -0.1) is 0 Å². The number of rotatable bonds is 5. The molecule has 10 nitrogen and oxygen atoms in total. The third-order valence-electron chi connectivity index (χ3n) is 5.38. The maximum absolute atomic E-state index is 12.5. The van der Waals surface area contributed by atoms with Crippen LogP contribution in [0.5, 0.6) is 0 Å². The van der Waals surface area contributed by atoms with Gasteiger partial charge in [0.05, 0.1) is 16.2 Å². The van der Waals surface area contributed by atoms with Crippen LogP contribution in [0, 0.1) is 16.0 Å². The van der Waals surface area contributed by atoms with E-state index in [1.165, 1.54) is 36.9 Å². The van der Waals surface area contributed by atoms with Crippen molar-refractivity contribution in [3.63, 3.8) is 0 Å². The monoisotopic (exact) mass is 416 g/mol. The molecular weight excluding hydrogens is 392 g/mol. The lowest BCUT2D eigenvalue weighted by molar-refractivity contribution is -0.384. The lowest BCUT2D eigenvalue weighted by Gasteiger charge is -2.32. The second kappa shape index (κ2) is 8.52. The highest BCUT2D eigenvalue weighted by molar-refractivity contribution is 5.91. The molecule has 1 atom stereocenters. The molecule has 0 aliphatic carbocycles. The average Bonchev–Trinajstić information content (AvgIpc) is 2.73. The van der Waals surface area contributed by atoms with Crippen LogP contribution in [0.1, 0.15) is 35.8 Å². The number of hydrogen-bond acceptors (Lipinski definition) is 7. The molecule has 3 rings (SSSR count). The van der Waals surface area contributed by atoms with E-state index in [2.05, 4.69) is 6.92 Å². The topological polar surface area (TPSA) is 117 Å². The van der Waals surface area contributed by atoms with Crippen LogP contribution < -0.4 is 16.1 Å². The van der Waals surface area contributed by atoms with Gasteiger partial charge in [-0.05, 0) is 30.9 Å². The zero-order chi connectivity index (χ0) is 22.0. The molecule has 1 aromatic carbocycles. The fourth-order valence-corrected chi connectivity index (χ4v) is 3.61. The Balaban J connectivity index is 1.81. The van der Waals surface area contributed by atoms with Crippen molar-refractivity contribution < 1.29 is 14.5 Å². The fraction of sp³-hybridized carbons (Fsp3) is 0.450. The summed E-state index contributed by atoms with van der Waals surface area (Å²) < 4.78 is 7.34. The summed E-state index contributed by atoms with van der Waals surface area (Å²) in [4.78, 5) is 49.3. The Bertz CT molecular complexity index is 1100. The number of benzene rings is 1. The van der Waals surface area contributed by atoms with Gasteiger partial charge in [0.2, 0.25) is 0 Å². The molecule has 0 radical (unpaired) electrons. The molecule has 0 saturated carbocycles. The molecule has 2 heterocycles. The van der Waals surface area contributed by atoms with Crippen LogP contribution in [0.2, 0.25) is 0 Å². The summed E-state index contributed by atoms with van der Waals surface area (Å²) >= 11 is 0. The lowest BCUT2D eigenvalue weighted by Crippen LogP contribution is -2.38. The minimum Gasteiger partial charge on any atom is -0.456 e. The van der Waals surface area contributed by atoms with Crippen LogP contribution in [-0.2, 0) is 25.4 Å². The maximum atomic E-state index is 12.5. The molecule has 30 heavy (non-hydrogen) atoms. The molecule has 0 N–H and O–H groups in total. The number of anilines is 1. The second-order valence-electron chi connectivity index (χ2n) is 7.60. The molecule has 10 heteroatoms. The van der Waals surface area contributed by atoms with Gasteiger partial charge in [0.25, 0.3) is 11.2 Å². The van der Waals surface area contributed by atoms with Gasteiger partial charge in [-0.2, -0.15) is 0 Å². The van der Waals surface area contributed by atoms with Gasteiger partial charge in [0, 0.05) is 39.3 Å². The Labute approximate surface area is 172 Å². The Morgan fingerprint density at radius 1 is 1.23 bits per heavy atom. The third kappa shape index (κ3) is 4.27. The van der Waals surface area contributed by atoms with E-state index in [0.29, 0.717) is 11.6 Å². The number of piperidine rings is 1. The van der Waals surface area contributed by atoms with Gasteiger partial charge in [0.15, 0.2) is 0 Å². The Kier molecular flexibility index (Phi) is 6.04. The van der Waals surface area contributed by atoms with Crippen LogP contribution in [0.25, 0.3) is 0 Å². The summed E-state index contributed by atoms with van der Waals surface area (Å²) in [5.41, 5.74) is -0.463. The fourth-order valence-electron chi connectivity index (χ4n) is 3.61. The van der Waals surface area contributed by atoms with Crippen molar-refractivity contribution in [1.82, 2.24) is 9.13 Å². The zero-order valence-corrected chi connectivity index (χ0v) is 17.2. The van der Waals surface area contributed by atoms with Crippen LogP contribution in [0.3, 0.4) is 0 Å². The smallest absolute Gasteiger partial charge is 0.338 e. The van der Waals surface area contributed by atoms with E-state index >= 15 is 0 Å². The number of nitro groups is 1. The average molecular weight is 416 g/mol. The van der Waals surface area contributed by atoms with Gasteiger partial charge in [-0.1, -0.05) is 6.92 Å². The van der Waals surface area contributed by atoms with E-state index < -0.39 is 22.1 Å². The number of ether oxygens (including phenoxy) is 1. The van der Waals surface area contributed by atoms with Crippen molar-refractivity contribution in [2.45, 2.75) is 26.4 Å². The van der Waals surface area contributed by atoms with Crippen molar-refractivity contribution in [2.24, 2.45) is 20.0 Å². The Morgan fingerprint density at radius 2 is 1.97 bits per heavy atom. The molecular formula is C20H24N4O6. The van der Waals surface area contributed by atoms with E-state index in [4.69, 9.17) is 4.74 Å². The molecule has 1 saturated heterocycles. The molecule has 0 amide bonds. The van der Waals surface area contributed by atoms with E-state index in [1.54, 1.807) is 6.07 Å². The summed E-state index contributed by atoms with van der Waals surface area (Å²) in [6.45, 7) is 3.25. The lowest BCUT2D eigenvalue weighted by atomic mass is 9.99. The second-order valence-corrected chi connectivity index (χ2v) is 7.60. The Hall–Kier alpha value is -3.43. The number of nitro benzene ring substituents is 1. The number of aromatic nitrogens is 2. The Morgan fingerprint density at radius 3 is 2.63 bits per heavy atom. The van der Waals surface area contributed by atoms with E-state index in [1.807, 2.05) is 4.90 Å². The van der Waals surface area contributed by atoms with Gasteiger partial charge < -0.3 is 9.64 Å². The molecule has 0 spiro atoms. The first-order valence-corrected chi connectivity index (χ1v) is 9.65. The molecule has 1 unspecified atom stereocenters. The number of carbonyl (C=O) groups is 1. The first-order chi connectivity index (χ1) is 14.2. The van der Waals surface area contributed by atoms with Gasteiger partial charge in [-0.25, -0.2) is 9.59 Å². The highest BCUT2D eigenvalue weighted by atomic mass is 16.6. The van der Waals surface area contributed by atoms with Crippen molar-refractivity contribution in [1.29, 1.82) is 0 Å². The van der Waals surface area contributed by atoms with Crippen molar-refractivity contribution in [2.75, 3.05) is 18.0 Å².